The third-order valence-corrected chi connectivity index (χ3v) is 3.85. The smallest absolute Gasteiger partial charge is 0.226 e. The molecule has 0 saturated carbocycles. The largest absolute Gasteiger partial charge is 0.497 e. The van der Waals surface area contributed by atoms with Crippen LogP contribution in [0.25, 0.3) is 0 Å². The number of carbonyl (C=O) groups excluding carboxylic acids is 1. The van der Waals surface area contributed by atoms with Gasteiger partial charge in [-0.25, -0.2) is 0 Å². The quantitative estimate of drug-likeness (QED) is 0.760. The van der Waals surface area contributed by atoms with Gasteiger partial charge in [-0.1, -0.05) is 25.8 Å². The van der Waals surface area contributed by atoms with Crippen LogP contribution >= 0.6 is 0 Å². The molecule has 0 aromatic heterocycles. The predicted molar refractivity (Wildman–Crippen MR) is 87.7 cm³/mol. The molecule has 1 atom stereocenters. The lowest BCUT2D eigenvalue weighted by atomic mass is 9.94. The highest BCUT2D eigenvalue weighted by molar-refractivity contribution is 5.92. The first-order valence-electron chi connectivity index (χ1n) is 7.73. The minimum Gasteiger partial charge on any atom is -0.497 e. The van der Waals surface area contributed by atoms with E-state index in [0.717, 1.165) is 37.1 Å². The molecule has 1 amide bonds. The summed E-state index contributed by atoms with van der Waals surface area (Å²) in [5, 5.41) is 0. The summed E-state index contributed by atoms with van der Waals surface area (Å²) in [5.74, 6) is 1.46. The van der Waals surface area contributed by atoms with E-state index in [2.05, 4.69) is 6.92 Å². The third kappa shape index (κ3) is 5.76. The molecule has 0 spiro atoms. The van der Waals surface area contributed by atoms with Gasteiger partial charge in [-0.3, -0.25) is 4.79 Å². The molecule has 0 aliphatic carbocycles. The van der Waals surface area contributed by atoms with E-state index in [1.807, 2.05) is 31.3 Å². The van der Waals surface area contributed by atoms with Gasteiger partial charge in [0, 0.05) is 25.2 Å². The van der Waals surface area contributed by atoms with Crippen molar-refractivity contribution in [3.05, 3.63) is 24.3 Å². The van der Waals surface area contributed by atoms with Crippen LogP contribution in [0.5, 0.6) is 5.75 Å². The zero-order valence-electron chi connectivity index (χ0n) is 13.5. The van der Waals surface area contributed by atoms with E-state index in [9.17, 15) is 4.79 Å². The van der Waals surface area contributed by atoms with E-state index in [1.54, 1.807) is 12.0 Å². The maximum atomic E-state index is 12.3. The number of anilines is 1. The van der Waals surface area contributed by atoms with E-state index in [0.29, 0.717) is 18.9 Å². The van der Waals surface area contributed by atoms with E-state index in [4.69, 9.17) is 10.5 Å². The van der Waals surface area contributed by atoms with Gasteiger partial charge in [0.2, 0.25) is 5.91 Å². The average molecular weight is 292 g/mol. The van der Waals surface area contributed by atoms with E-state index in [1.165, 1.54) is 0 Å². The highest BCUT2D eigenvalue weighted by atomic mass is 16.5. The van der Waals surface area contributed by atoms with Crippen LogP contribution in [0.4, 0.5) is 5.69 Å². The maximum Gasteiger partial charge on any atom is 0.226 e. The molecule has 118 valence electrons. The molecule has 1 aromatic carbocycles. The van der Waals surface area contributed by atoms with Gasteiger partial charge in [0.15, 0.2) is 0 Å². The second kappa shape index (κ2) is 9.40. The standard InChI is InChI=1S/C17H28N2O2/c1-4-6-14(11-12-18)9-10-17(20)19(2)15-7-5-8-16(13-15)21-3/h5,7-8,13-14H,4,6,9-12,18H2,1-3H3. The van der Waals surface area contributed by atoms with E-state index >= 15 is 0 Å². The molecule has 1 rings (SSSR count). The van der Waals surface area contributed by atoms with Gasteiger partial charge in [0.1, 0.15) is 5.75 Å². The Morgan fingerprint density at radius 1 is 1.33 bits per heavy atom. The Kier molecular flexibility index (Phi) is 7.83. The maximum absolute atomic E-state index is 12.3. The first-order valence-corrected chi connectivity index (χ1v) is 7.73. The normalized spacial score (nSPS) is 12.0. The third-order valence-electron chi connectivity index (χ3n) is 3.85. The Hall–Kier alpha value is -1.55. The lowest BCUT2D eigenvalue weighted by Crippen LogP contribution is -2.26. The van der Waals surface area contributed by atoms with Crippen LogP contribution in [-0.2, 0) is 4.79 Å². The molecule has 0 fully saturated rings. The average Bonchev–Trinajstić information content (AvgIpc) is 2.52. The molecule has 0 saturated heterocycles. The van der Waals surface area contributed by atoms with E-state index < -0.39 is 0 Å². The Morgan fingerprint density at radius 2 is 2.10 bits per heavy atom. The summed E-state index contributed by atoms with van der Waals surface area (Å²) in [7, 11) is 3.44. The molecule has 0 aliphatic rings. The number of ether oxygens (including phenoxy) is 1. The van der Waals surface area contributed by atoms with Crippen molar-refractivity contribution >= 4 is 11.6 Å². The van der Waals surface area contributed by atoms with Crippen molar-refractivity contribution in [3.8, 4) is 5.75 Å². The number of nitrogens with two attached hydrogens (primary N) is 1. The highest BCUT2D eigenvalue weighted by Gasteiger charge is 2.14. The zero-order valence-corrected chi connectivity index (χ0v) is 13.5. The van der Waals surface area contributed by atoms with Gasteiger partial charge in [-0.05, 0) is 37.4 Å². The molecule has 1 unspecified atom stereocenters. The minimum absolute atomic E-state index is 0.140. The van der Waals surface area contributed by atoms with Gasteiger partial charge in [-0.15, -0.1) is 0 Å². The molecule has 0 aliphatic heterocycles. The molecule has 0 bridgehead atoms. The zero-order chi connectivity index (χ0) is 15.7. The van der Waals surface area contributed by atoms with Crippen molar-refractivity contribution in [3.63, 3.8) is 0 Å². The molecule has 21 heavy (non-hydrogen) atoms. The van der Waals surface area contributed by atoms with Crippen LogP contribution in [0.3, 0.4) is 0 Å². The molecule has 2 N–H and O–H groups in total. The van der Waals surface area contributed by atoms with Crippen molar-refractivity contribution < 1.29 is 9.53 Å². The fourth-order valence-electron chi connectivity index (χ4n) is 2.54. The number of carbonyl (C=O) groups is 1. The fourth-order valence-corrected chi connectivity index (χ4v) is 2.54. The summed E-state index contributed by atoms with van der Waals surface area (Å²) >= 11 is 0. The van der Waals surface area contributed by atoms with Gasteiger partial charge < -0.3 is 15.4 Å². The molecular weight excluding hydrogens is 264 g/mol. The summed E-state index contributed by atoms with van der Waals surface area (Å²) in [6, 6.07) is 7.57. The first kappa shape index (κ1) is 17.5. The van der Waals surface area contributed by atoms with Gasteiger partial charge in [0.25, 0.3) is 0 Å². The number of nitrogens with zero attached hydrogens (tertiary/aromatic N) is 1. The summed E-state index contributed by atoms with van der Waals surface area (Å²) in [5.41, 5.74) is 6.51. The SMILES string of the molecule is CCCC(CCN)CCC(=O)N(C)c1cccc(OC)c1. The van der Waals surface area contributed by atoms with Crippen molar-refractivity contribution in [1.29, 1.82) is 0 Å². The number of rotatable bonds is 9. The van der Waals surface area contributed by atoms with Crippen LogP contribution in [0.2, 0.25) is 0 Å². The number of methoxy groups -OCH3 is 1. The molecule has 0 heterocycles. The molecular formula is C17H28N2O2. The summed E-state index contributed by atoms with van der Waals surface area (Å²) in [6.07, 6.45) is 4.78. The Balaban J connectivity index is 2.57. The second-order valence-corrected chi connectivity index (χ2v) is 5.42. The fraction of sp³-hybridized carbons (Fsp3) is 0.588. The van der Waals surface area contributed by atoms with Crippen LogP contribution < -0.4 is 15.4 Å². The summed E-state index contributed by atoms with van der Waals surface area (Å²) in [6.45, 7) is 2.87. The van der Waals surface area contributed by atoms with E-state index in [-0.39, 0.29) is 5.91 Å². The lowest BCUT2D eigenvalue weighted by Gasteiger charge is -2.20. The van der Waals surface area contributed by atoms with Crippen LogP contribution in [0.1, 0.15) is 39.0 Å². The van der Waals surface area contributed by atoms with Gasteiger partial charge in [-0.2, -0.15) is 0 Å². The number of benzene rings is 1. The van der Waals surface area contributed by atoms with Crippen LogP contribution in [0.15, 0.2) is 24.3 Å². The lowest BCUT2D eigenvalue weighted by molar-refractivity contribution is -0.118. The number of hydrogen-bond donors (Lipinski definition) is 1. The first-order chi connectivity index (χ1) is 10.1. The minimum atomic E-state index is 0.140. The van der Waals surface area contributed by atoms with Crippen molar-refractivity contribution in [2.24, 2.45) is 11.7 Å². The topological polar surface area (TPSA) is 55.6 Å². The predicted octanol–water partition coefficient (Wildman–Crippen LogP) is 3.20. The number of hydrogen-bond acceptors (Lipinski definition) is 3. The Labute approximate surface area is 128 Å². The molecule has 4 nitrogen and oxygen atoms in total. The number of amides is 1. The van der Waals surface area contributed by atoms with Crippen LogP contribution in [0, 0.1) is 5.92 Å². The van der Waals surface area contributed by atoms with Gasteiger partial charge in [0.05, 0.1) is 7.11 Å². The molecule has 0 radical (unpaired) electrons. The van der Waals surface area contributed by atoms with Crippen LogP contribution in [-0.4, -0.2) is 26.6 Å². The Bertz CT molecular complexity index is 429. The van der Waals surface area contributed by atoms with Gasteiger partial charge >= 0.3 is 0 Å². The Morgan fingerprint density at radius 3 is 2.71 bits per heavy atom. The van der Waals surface area contributed by atoms with Crippen molar-refractivity contribution in [2.75, 3.05) is 25.6 Å². The van der Waals surface area contributed by atoms with Crippen molar-refractivity contribution in [1.82, 2.24) is 0 Å². The van der Waals surface area contributed by atoms with Crippen molar-refractivity contribution in [2.45, 2.75) is 39.0 Å². The summed E-state index contributed by atoms with van der Waals surface area (Å²) < 4.78 is 5.19. The monoisotopic (exact) mass is 292 g/mol. The molecule has 1 aromatic rings. The molecule has 4 heteroatoms. The highest BCUT2D eigenvalue weighted by Crippen LogP contribution is 2.22. The second-order valence-electron chi connectivity index (χ2n) is 5.42. The summed E-state index contributed by atoms with van der Waals surface area (Å²) in [4.78, 5) is 14.0.